The molecule has 0 radical (unpaired) electrons. The van der Waals surface area contributed by atoms with Gasteiger partial charge in [-0.3, -0.25) is 4.90 Å². The summed E-state index contributed by atoms with van der Waals surface area (Å²) in [6, 6.07) is 23.6. The van der Waals surface area contributed by atoms with Crippen LogP contribution in [0.3, 0.4) is 0 Å². The van der Waals surface area contributed by atoms with Crippen LogP contribution in [-0.4, -0.2) is 40.8 Å². The average molecular weight is 595 g/mol. The standard InChI is InChI=1S/C37H42N2O3S/c1-35(2,3)25-19-24(20-26(21-25)36(4,5)6)32-23-43-33(38-32)37(15-17-42-18-16-37)39(34(40)41)22-31-29-13-9-7-11-27(29)28-12-8-10-14-30(28)31/h7-14,19-21,23,31H,15-18,22H2,1-6H3,(H,40,41). The molecule has 0 atom stereocenters. The van der Waals surface area contributed by atoms with Crippen molar-refractivity contribution in [1.82, 2.24) is 9.88 Å². The molecular weight excluding hydrogens is 552 g/mol. The number of fused-ring (bicyclic) bond motifs is 3. The highest BCUT2D eigenvalue weighted by atomic mass is 32.1. The average Bonchev–Trinajstić information content (AvgIpc) is 3.59. The van der Waals surface area contributed by atoms with Crippen LogP contribution in [0.15, 0.2) is 72.1 Å². The first-order valence-electron chi connectivity index (χ1n) is 15.3. The molecule has 6 heteroatoms. The van der Waals surface area contributed by atoms with Gasteiger partial charge in [-0.25, -0.2) is 9.78 Å². The minimum atomic E-state index is -0.912. The van der Waals surface area contributed by atoms with Crippen molar-refractivity contribution in [1.29, 1.82) is 0 Å². The van der Waals surface area contributed by atoms with Crippen LogP contribution in [0.1, 0.15) is 87.6 Å². The van der Waals surface area contributed by atoms with Gasteiger partial charge in [0.25, 0.3) is 0 Å². The maximum Gasteiger partial charge on any atom is 0.408 e. The van der Waals surface area contributed by atoms with Crippen LogP contribution in [0, 0.1) is 0 Å². The second-order valence-electron chi connectivity index (χ2n) is 14.1. The first kappa shape index (κ1) is 29.6. The van der Waals surface area contributed by atoms with Gasteiger partial charge in [0.05, 0.1) is 5.69 Å². The van der Waals surface area contributed by atoms with Gasteiger partial charge in [-0.2, -0.15) is 0 Å². The first-order chi connectivity index (χ1) is 20.4. The molecule has 0 spiro atoms. The summed E-state index contributed by atoms with van der Waals surface area (Å²) in [6.45, 7) is 14.8. The van der Waals surface area contributed by atoms with Crippen LogP contribution in [0.5, 0.6) is 0 Å². The van der Waals surface area contributed by atoms with Crippen LogP contribution in [-0.2, 0) is 21.1 Å². The van der Waals surface area contributed by atoms with E-state index in [2.05, 4.69) is 114 Å². The Morgan fingerprint density at radius 2 is 1.44 bits per heavy atom. The molecule has 0 saturated carbocycles. The Kier molecular flexibility index (Phi) is 7.50. The highest BCUT2D eigenvalue weighted by Gasteiger charge is 2.47. The lowest BCUT2D eigenvalue weighted by atomic mass is 9.79. The van der Waals surface area contributed by atoms with Gasteiger partial charge < -0.3 is 9.84 Å². The molecule has 1 N–H and O–H groups in total. The molecule has 1 aromatic heterocycles. The Bertz CT molecular complexity index is 1580. The molecule has 0 bridgehead atoms. The lowest BCUT2D eigenvalue weighted by Gasteiger charge is -2.44. The Labute approximate surface area is 259 Å². The molecule has 1 amide bonds. The number of nitrogens with zero attached hydrogens (tertiary/aromatic N) is 2. The zero-order valence-corrected chi connectivity index (χ0v) is 26.9. The van der Waals surface area contributed by atoms with Crippen LogP contribution in [0.4, 0.5) is 4.79 Å². The molecule has 3 aromatic carbocycles. The summed E-state index contributed by atoms with van der Waals surface area (Å²) in [5, 5.41) is 13.8. The molecule has 1 aliphatic heterocycles. The number of rotatable bonds is 5. The Hall–Kier alpha value is -3.48. The Morgan fingerprint density at radius 3 is 1.95 bits per heavy atom. The van der Waals surface area contributed by atoms with Crippen molar-refractivity contribution in [2.45, 2.75) is 76.7 Å². The van der Waals surface area contributed by atoms with E-state index in [-0.39, 0.29) is 16.7 Å². The van der Waals surface area contributed by atoms with E-state index in [0.29, 0.717) is 32.6 Å². The van der Waals surface area contributed by atoms with Crippen molar-refractivity contribution in [3.63, 3.8) is 0 Å². The summed E-state index contributed by atoms with van der Waals surface area (Å²) in [7, 11) is 0. The number of thiazole rings is 1. The van der Waals surface area contributed by atoms with Crippen molar-refractivity contribution in [3.05, 3.63) is 99.4 Å². The number of hydrogen-bond donors (Lipinski definition) is 1. The largest absolute Gasteiger partial charge is 0.465 e. The van der Waals surface area contributed by atoms with Gasteiger partial charge in [-0.1, -0.05) is 96.1 Å². The van der Waals surface area contributed by atoms with Crippen molar-refractivity contribution < 1.29 is 14.6 Å². The fourth-order valence-electron chi connectivity index (χ4n) is 6.64. The quantitative estimate of drug-likeness (QED) is 0.250. The molecule has 2 aliphatic rings. The topological polar surface area (TPSA) is 62.7 Å². The number of hydrogen-bond acceptors (Lipinski definition) is 4. The van der Waals surface area contributed by atoms with E-state index in [1.165, 1.54) is 33.4 Å². The van der Waals surface area contributed by atoms with Gasteiger partial charge in [0.15, 0.2) is 0 Å². The maximum absolute atomic E-state index is 13.2. The van der Waals surface area contributed by atoms with E-state index < -0.39 is 11.6 Å². The number of amides is 1. The second kappa shape index (κ2) is 10.9. The molecule has 1 saturated heterocycles. The molecule has 2 heterocycles. The molecule has 1 aliphatic carbocycles. The van der Waals surface area contributed by atoms with E-state index >= 15 is 0 Å². The Morgan fingerprint density at radius 1 is 0.907 bits per heavy atom. The summed E-state index contributed by atoms with van der Waals surface area (Å²) in [5.74, 6) is -0.0412. The van der Waals surface area contributed by atoms with Gasteiger partial charge in [0.2, 0.25) is 0 Å². The number of carbonyl (C=O) groups is 1. The lowest BCUT2D eigenvalue weighted by Crippen LogP contribution is -2.53. The summed E-state index contributed by atoms with van der Waals surface area (Å²) < 4.78 is 5.81. The fourth-order valence-corrected chi connectivity index (χ4v) is 7.74. The lowest BCUT2D eigenvalue weighted by molar-refractivity contribution is -0.0246. The van der Waals surface area contributed by atoms with Gasteiger partial charge in [-0.05, 0) is 56.3 Å². The first-order valence-corrected chi connectivity index (χ1v) is 16.2. The van der Waals surface area contributed by atoms with E-state index in [9.17, 15) is 9.90 Å². The molecule has 4 aromatic rings. The van der Waals surface area contributed by atoms with E-state index in [1.807, 2.05) is 0 Å². The number of benzene rings is 3. The number of aromatic nitrogens is 1. The number of carboxylic acid groups (broad SMARTS) is 1. The van der Waals surface area contributed by atoms with E-state index in [4.69, 9.17) is 9.72 Å². The summed E-state index contributed by atoms with van der Waals surface area (Å²) in [5.41, 5.74) is 8.53. The molecule has 5 nitrogen and oxygen atoms in total. The monoisotopic (exact) mass is 594 g/mol. The van der Waals surface area contributed by atoms with Gasteiger partial charge >= 0.3 is 6.09 Å². The van der Waals surface area contributed by atoms with Crippen LogP contribution in [0.2, 0.25) is 0 Å². The molecule has 1 fully saturated rings. The highest BCUT2D eigenvalue weighted by Crippen LogP contribution is 2.48. The van der Waals surface area contributed by atoms with Crippen LogP contribution in [0.25, 0.3) is 22.4 Å². The predicted molar refractivity (Wildman–Crippen MR) is 175 cm³/mol. The van der Waals surface area contributed by atoms with Gasteiger partial charge in [-0.15, -0.1) is 11.3 Å². The molecular formula is C37H42N2O3S. The van der Waals surface area contributed by atoms with Crippen molar-refractivity contribution in [3.8, 4) is 22.4 Å². The van der Waals surface area contributed by atoms with Crippen molar-refractivity contribution in [2.24, 2.45) is 0 Å². The minimum Gasteiger partial charge on any atom is -0.465 e. The van der Waals surface area contributed by atoms with E-state index in [0.717, 1.165) is 16.3 Å². The fraction of sp³-hybridized carbons (Fsp3) is 0.405. The van der Waals surface area contributed by atoms with Crippen LogP contribution >= 0.6 is 11.3 Å². The van der Waals surface area contributed by atoms with Gasteiger partial charge in [0, 0.05) is 49.5 Å². The van der Waals surface area contributed by atoms with E-state index in [1.54, 1.807) is 16.2 Å². The minimum absolute atomic E-state index is 0.00916. The Balaban J connectivity index is 1.43. The number of ether oxygens (including phenoxy) is 1. The molecule has 224 valence electrons. The summed E-state index contributed by atoms with van der Waals surface area (Å²) in [4.78, 5) is 20.2. The second-order valence-corrected chi connectivity index (χ2v) is 15.0. The zero-order valence-electron chi connectivity index (χ0n) is 26.1. The van der Waals surface area contributed by atoms with Crippen molar-refractivity contribution >= 4 is 17.4 Å². The molecule has 0 unspecified atom stereocenters. The summed E-state index contributed by atoms with van der Waals surface area (Å²) >= 11 is 1.58. The normalized spacial score (nSPS) is 16.5. The third-order valence-electron chi connectivity index (χ3n) is 9.26. The third kappa shape index (κ3) is 5.40. The summed E-state index contributed by atoms with van der Waals surface area (Å²) in [6.07, 6.45) is 0.250. The third-order valence-corrected chi connectivity index (χ3v) is 10.3. The van der Waals surface area contributed by atoms with Crippen molar-refractivity contribution in [2.75, 3.05) is 19.8 Å². The highest BCUT2D eigenvalue weighted by molar-refractivity contribution is 7.10. The van der Waals surface area contributed by atoms with Crippen LogP contribution < -0.4 is 0 Å². The zero-order chi connectivity index (χ0) is 30.6. The smallest absolute Gasteiger partial charge is 0.408 e. The predicted octanol–water partition coefficient (Wildman–Crippen LogP) is 9.20. The SMILES string of the molecule is CC(C)(C)c1cc(-c2csc(C3(N(CC4c5ccccc5-c5ccccc54)C(=O)O)CCOCC3)n2)cc(C(C)(C)C)c1. The van der Waals surface area contributed by atoms with Gasteiger partial charge in [0.1, 0.15) is 10.5 Å². The maximum atomic E-state index is 13.2. The molecule has 6 rings (SSSR count). The molecule has 43 heavy (non-hydrogen) atoms.